The summed E-state index contributed by atoms with van der Waals surface area (Å²) in [5, 5.41) is 0. The molecule has 0 aromatic heterocycles. The molecule has 0 heterocycles. The second kappa shape index (κ2) is 10.3. The number of benzene rings is 5. The fourth-order valence-electron chi connectivity index (χ4n) is 4.48. The Bertz CT molecular complexity index is 1380. The van der Waals surface area contributed by atoms with Gasteiger partial charge in [-0.3, -0.25) is 0 Å². The molecular weight excluding hydrogens is 422 g/mol. The van der Waals surface area contributed by atoms with Crippen LogP contribution in [0.15, 0.2) is 140 Å². The first-order chi connectivity index (χ1) is 17.2. The topological polar surface area (TPSA) is 3.24 Å². The fourth-order valence-corrected chi connectivity index (χ4v) is 4.48. The van der Waals surface area contributed by atoms with E-state index in [1.807, 2.05) is 0 Å². The molecule has 170 valence electrons. The third-order valence-corrected chi connectivity index (χ3v) is 6.29. The Hall–Kier alpha value is -4.36. The maximum absolute atomic E-state index is 2.32. The van der Waals surface area contributed by atoms with Gasteiger partial charge in [-0.15, -0.1) is 0 Å². The molecule has 5 aromatic rings. The van der Waals surface area contributed by atoms with Crippen LogP contribution in [0.4, 0.5) is 11.4 Å². The van der Waals surface area contributed by atoms with Crippen LogP contribution in [-0.4, -0.2) is 0 Å². The SMILES string of the molecule is Cc1ccc(N(C=C(c2ccccc2)c2ccccc2)c2ccc(-c3ccccc3)cc2)c(C)c1. The summed E-state index contributed by atoms with van der Waals surface area (Å²) in [5.41, 5.74) is 10.8. The van der Waals surface area contributed by atoms with Crippen molar-refractivity contribution in [3.63, 3.8) is 0 Å². The van der Waals surface area contributed by atoms with Gasteiger partial charge in [0.15, 0.2) is 0 Å². The summed E-state index contributed by atoms with van der Waals surface area (Å²) in [6.45, 7) is 4.33. The number of nitrogens with zero attached hydrogens (tertiary/aromatic N) is 1. The van der Waals surface area contributed by atoms with Gasteiger partial charge >= 0.3 is 0 Å². The van der Waals surface area contributed by atoms with E-state index in [2.05, 4.69) is 158 Å². The zero-order valence-electron chi connectivity index (χ0n) is 20.2. The van der Waals surface area contributed by atoms with Crippen molar-refractivity contribution in [3.05, 3.63) is 162 Å². The van der Waals surface area contributed by atoms with Gasteiger partial charge in [0.2, 0.25) is 0 Å². The average Bonchev–Trinajstić information content (AvgIpc) is 2.92. The van der Waals surface area contributed by atoms with E-state index in [1.54, 1.807) is 0 Å². The average molecular weight is 452 g/mol. The summed E-state index contributed by atoms with van der Waals surface area (Å²) in [7, 11) is 0. The van der Waals surface area contributed by atoms with Crippen LogP contribution in [0.5, 0.6) is 0 Å². The van der Waals surface area contributed by atoms with E-state index in [4.69, 9.17) is 0 Å². The van der Waals surface area contributed by atoms with Gasteiger partial charge in [0, 0.05) is 23.1 Å². The molecule has 0 spiro atoms. The highest BCUT2D eigenvalue weighted by atomic mass is 15.1. The second-order valence-electron chi connectivity index (χ2n) is 8.85. The van der Waals surface area contributed by atoms with E-state index in [9.17, 15) is 0 Å². The standard InChI is InChI=1S/C34H29N/c1-26-18-23-34(27(2)24-26)35(32-21-19-29(20-22-32)28-12-6-3-7-13-28)25-33(30-14-8-4-9-15-30)31-16-10-5-11-17-31/h3-25H,1-2H3. The zero-order valence-corrected chi connectivity index (χ0v) is 20.2. The number of rotatable bonds is 6. The molecule has 0 saturated heterocycles. The smallest absolute Gasteiger partial charge is 0.0485 e. The van der Waals surface area contributed by atoms with Crippen molar-refractivity contribution in [2.45, 2.75) is 13.8 Å². The lowest BCUT2D eigenvalue weighted by atomic mass is 9.98. The van der Waals surface area contributed by atoms with Crippen LogP contribution in [0.2, 0.25) is 0 Å². The minimum Gasteiger partial charge on any atom is -0.316 e. The maximum Gasteiger partial charge on any atom is 0.0485 e. The lowest BCUT2D eigenvalue weighted by molar-refractivity contribution is 1.23. The lowest BCUT2D eigenvalue weighted by Gasteiger charge is -2.25. The van der Waals surface area contributed by atoms with Crippen molar-refractivity contribution < 1.29 is 0 Å². The molecule has 5 aromatic carbocycles. The molecule has 0 saturated carbocycles. The number of anilines is 2. The Balaban J connectivity index is 1.67. The monoisotopic (exact) mass is 451 g/mol. The van der Waals surface area contributed by atoms with Gasteiger partial charge in [-0.25, -0.2) is 0 Å². The van der Waals surface area contributed by atoms with Crippen LogP contribution in [0.25, 0.3) is 16.7 Å². The molecule has 0 aliphatic carbocycles. The van der Waals surface area contributed by atoms with Gasteiger partial charge in [-0.1, -0.05) is 121 Å². The molecule has 0 radical (unpaired) electrons. The molecule has 0 fully saturated rings. The largest absolute Gasteiger partial charge is 0.316 e. The summed E-state index contributed by atoms with van der Waals surface area (Å²) >= 11 is 0. The van der Waals surface area contributed by atoms with Gasteiger partial charge < -0.3 is 4.90 Å². The van der Waals surface area contributed by atoms with E-state index >= 15 is 0 Å². The van der Waals surface area contributed by atoms with E-state index in [0.717, 1.165) is 5.69 Å². The van der Waals surface area contributed by atoms with Crippen molar-refractivity contribution in [3.8, 4) is 11.1 Å². The van der Waals surface area contributed by atoms with Crippen LogP contribution < -0.4 is 4.90 Å². The Morgan fingerprint density at radius 1 is 0.543 bits per heavy atom. The van der Waals surface area contributed by atoms with E-state index < -0.39 is 0 Å². The number of hydrogen-bond donors (Lipinski definition) is 0. The molecule has 1 nitrogen and oxygen atoms in total. The van der Waals surface area contributed by atoms with Crippen molar-refractivity contribution in [2.24, 2.45) is 0 Å². The van der Waals surface area contributed by atoms with Crippen LogP contribution >= 0.6 is 0 Å². The lowest BCUT2D eigenvalue weighted by Crippen LogP contribution is -2.12. The van der Waals surface area contributed by atoms with E-state index in [-0.39, 0.29) is 0 Å². The predicted molar refractivity (Wildman–Crippen MR) is 150 cm³/mol. The highest BCUT2D eigenvalue weighted by Crippen LogP contribution is 2.34. The predicted octanol–water partition coefficient (Wildman–Crippen LogP) is 9.20. The van der Waals surface area contributed by atoms with Crippen molar-refractivity contribution in [1.29, 1.82) is 0 Å². The zero-order chi connectivity index (χ0) is 24.0. The summed E-state index contributed by atoms with van der Waals surface area (Å²) in [6.07, 6.45) is 2.28. The summed E-state index contributed by atoms with van der Waals surface area (Å²) in [5.74, 6) is 0. The fraction of sp³-hybridized carbons (Fsp3) is 0.0588. The van der Waals surface area contributed by atoms with Gasteiger partial charge in [-0.05, 0) is 59.9 Å². The second-order valence-corrected chi connectivity index (χ2v) is 8.85. The normalized spacial score (nSPS) is 10.6. The molecule has 0 unspecified atom stereocenters. The minimum absolute atomic E-state index is 1.13. The highest BCUT2D eigenvalue weighted by Gasteiger charge is 2.14. The Morgan fingerprint density at radius 2 is 1.06 bits per heavy atom. The molecule has 0 aliphatic rings. The van der Waals surface area contributed by atoms with Crippen LogP contribution in [0.3, 0.4) is 0 Å². The van der Waals surface area contributed by atoms with Crippen LogP contribution in [-0.2, 0) is 0 Å². The first-order valence-electron chi connectivity index (χ1n) is 12.0. The number of aryl methyl sites for hydroxylation is 2. The van der Waals surface area contributed by atoms with Crippen molar-refractivity contribution in [2.75, 3.05) is 4.90 Å². The van der Waals surface area contributed by atoms with Gasteiger partial charge in [0.05, 0.1) is 0 Å². The quantitative estimate of drug-likeness (QED) is 0.249. The third kappa shape index (κ3) is 5.10. The van der Waals surface area contributed by atoms with E-state index in [1.165, 1.54) is 44.6 Å². The summed E-state index contributed by atoms with van der Waals surface area (Å²) in [4.78, 5) is 2.32. The van der Waals surface area contributed by atoms with Crippen LogP contribution in [0, 0.1) is 13.8 Å². The van der Waals surface area contributed by atoms with Crippen LogP contribution in [0.1, 0.15) is 22.3 Å². The van der Waals surface area contributed by atoms with Gasteiger partial charge in [-0.2, -0.15) is 0 Å². The summed E-state index contributed by atoms with van der Waals surface area (Å²) in [6, 6.07) is 47.3. The minimum atomic E-state index is 1.13. The molecule has 0 atom stereocenters. The van der Waals surface area contributed by atoms with Crippen molar-refractivity contribution >= 4 is 16.9 Å². The van der Waals surface area contributed by atoms with Gasteiger partial charge in [0.1, 0.15) is 0 Å². The maximum atomic E-state index is 2.32. The molecule has 0 aliphatic heterocycles. The third-order valence-electron chi connectivity index (χ3n) is 6.29. The molecule has 0 bridgehead atoms. The first-order valence-corrected chi connectivity index (χ1v) is 12.0. The molecule has 0 amide bonds. The van der Waals surface area contributed by atoms with E-state index in [0.29, 0.717) is 0 Å². The first kappa shape index (κ1) is 22.4. The molecule has 5 rings (SSSR count). The molecular formula is C34H29N. The molecule has 35 heavy (non-hydrogen) atoms. The molecule has 1 heteroatoms. The molecule has 0 N–H and O–H groups in total. The van der Waals surface area contributed by atoms with Gasteiger partial charge in [0.25, 0.3) is 0 Å². The number of hydrogen-bond acceptors (Lipinski definition) is 1. The Kier molecular flexibility index (Phi) is 6.59. The summed E-state index contributed by atoms with van der Waals surface area (Å²) < 4.78 is 0. The Morgan fingerprint density at radius 3 is 1.60 bits per heavy atom. The highest BCUT2D eigenvalue weighted by molar-refractivity contribution is 5.84. The Labute approximate surface area is 208 Å². The van der Waals surface area contributed by atoms with Crippen molar-refractivity contribution in [1.82, 2.24) is 0 Å².